The van der Waals surface area contributed by atoms with Crippen LogP contribution in [0.3, 0.4) is 0 Å². The molecule has 0 bridgehead atoms. The fraction of sp³-hybridized carbons (Fsp3) is 0.292. The number of nitrogens with zero attached hydrogens (tertiary/aromatic N) is 3. The molecule has 1 amide bonds. The van der Waals surface area contributed by atoms with Gasteiger partial charge in [0.2, 0.25) is 10.0 Å². The number of nitriles is 1. The van der Waals surface area contributed by atoms with Crippen LogP contribution in [0.2, 0.25) is 0 Å². The van der Waals surface area contributed by atoms with Crippen LogP contribution in [0.5, 0.6) is 0 Å². The normalized spacial score (nSPS) is 11.3. The number of sulfonamides is 1. The first-order valence-corrected chi connectivity index (χ1v) is 11.9. The molecule has 0 aliphatic heterocycles. The maximum absolute atomic E-state index is 12.5. The lowest BCUT2D eigenvalue weighted by atomic mass is 10.2. The Morgan fingerprint density at radius 1 is 1.03 bits per heavy atom. The number of anilines is 1. The molecule has 0 aromatic heterocycles. The maximum atomic E-state index is 12.5. The second-order valence-electron chi connectivity index (χ2n) is 6.89. The third-order valence-electron chi connectivity index (χ3n) is 4.79. The third kappa shape index (κ3) is 7.27. The van der Waals surface area contributed by atoms with E-state index in [9.17, 15) is 18.0 Å². The Morgan fingerprint density at radius 2 is 1.67 bits per heavy atom. The zero-order valence-electron chi connectivity index (χ0n) is 18.7. The standard InChI is InChI=1S/C24H27N3O5S/c1-3-26(4-2)33(30,31)22-14-11-20(12-15-22)13-16-24(29)32-19-23(28)27(18-8-17-25)21-9-6-5-7-10-21/h5-7,9-16H,3-4,8,18-19H2,1-2H3/b16-13+. The summed E-state index contributed by atoms with van der Waals surface area (Å²) >= 11 is 0. The summed E-state index contributed by atoms with van der Waals surface area (Å²) in [6.07, 6.45) is 2.79. The van der Waals surface area contributed by atoms with Crippen LogP contribution in [0.15, 0.2) is 65.6 Å². The van der Waals surface area contributed by atoms with E-state index in [0.29, 0.717) is 24.3 Å². The molecule has 0 saturated heterocycles. The van der Waals surface area contributed by atoms with Crippen LogP contribution in [0.25, 0.3) is 6.08 Å². The third-order valence-corrected chi connectivity index (χ3v) is 6.85. The first-order chi connectivity index (χ1) is 15.8. The van der Waals surface area contributed by atoms with Gasteiger partial charge in [0.1, 0.15) is 0 Å². The van der Waals surface area contributed by atoms with Crippen LogP contribution in [0, 0.1) is 11.3 Å². The number of carbonyl (C=O) groups excluding carboxylic acids is 2. The zero-order chi connectivity index (χ0) is 24.3. The van der Waals surface area contributed by atoms with Crippen LogP contribution >= 0.6 is 0 Å². The molecule has 0 aliphatic carbocycles. The van der Waals surface area contributed by atoms with Crippen molar-refractivity contribution >= 4 is 33.7 Å². The fourth-order valence-electron chi connectivity index (χ4n) is 3.05. The molecular weight excluding hydrogens is 442 g/mol. The predicted molar refractivity (Wildman–Crippen MR) is 126 cm³/mol. The fourth-order valence-corrected chi connectivity index (χ4v) is 4.51. The summed E-state index contributed by atoms with van der Waals surface area (Å²) in [5.41, 5.74) is 1.22. The molecule has 2 rings (SSSR count). The van der Waals surface area contributed by atoms with Gasteiger partial charge in [-0.15, -0.1) is 0 Å². The highest BCUT2D eigenvalue weighted by atomic mass is 32.2. The molecule has 0 spiro atoms. The highest BCUT2D eigenvalue weighted by Gasteiger charge is 2.21. The number of para-hydroxylation sites is 1. The Hall–Kier alpha value is -3.48. The molecule has 0 saturated carbocycles. The predicted octanol–water partition coefficient (Wildman–Crippen LogP) is 3.22. The van der Waals surface area contributed by atoms with Crippen LogP contribution in [-0.2, 0) is 24.3 Å². The van der Waals surface area contributed by atoms with Crippen LogP contribution in [0.1, 0.15) is 25.8 Å². The molecule has 0 atom stereocenters. The summed E-state index contributed by atoms with van der Waals surface area (Å²) in [7, 11) is -3.55. The molecule has 0 unspecified atom stereocenters. The zero-order valence-corrected chi connectivity index (χ0v) is 19.5. The number of amides is 1. The van der Waals surface area contributed by atoms with Crippen molar-refractivity contribution in [1.29, 1.82) is 5.26 Å². The second kappa shape index (κ2) is 12.5. The number of rotatable bonds is 11. The van der Waals surface area contributed by atoms with Crippen molar-refractivity contribution in [2.45, 2.75) is 25.2 Å². The van der Waals surface area contributed by atoms with E-state index in [1.807, 2.05) is 12.1 Å². The number of hydrogen-bond acceptors (Lipinski definition) is 6. The lowest BCUT2D eigenvalue weighted by Gasteiger charge is -2.21. The molecule has 2 aromatic carbocycles. The van der Waals surface area contributed by atoms with Gasteiger partial charge in [0.25, 0.3) is 5.91 Å². The van der Waals surface area contributed by atoms with Gasteiger partial charge in [-0.25, -0.2) is 13.2 Å². The van der Waals surface area contributed by atoms with Crippen molar-refractivity contribution < 1.29 is 22.7 Å². The van der Waals surface area contributed by atoms with E-state index >= 15 is 0 Å². The molecule has 33 heavy (non-hydrogen) atoms. The van der Waals surface area contributed by atoms with Crippen LogP contribution in [-0.4, -0.2) is 50.8 Å². The second-order valence-corrected chi connectivity index (χ2v) is 8.83. The summed E-state index contributed by atoms with van der Waals surface area (Å²) in [5, 5.41) is 8.84. The number of hydrogen-bond donors (Lipinski definition) is 0. The molecule has 9 heteroatoms. The van der Waals surface area contributed by atoms with Gasteiger partial charge in [-0.2, -0.15) is 9.57 Å². The molecule has 174 valence electrons. The molecule has 0 heterocycles. The number of benzene rings is 2. The summed E-state index contributed by atoms with van der Waals surface area (Å²) in [6.45, 7) is 4.03. The van der Waals surface area contributed by atoms with E-state index in [4.69, 9.17) is 10.00 Å². The topological polar surface area (TPSA) is 108 Å². The van der Waals surface area contributed by atoms with Crippen LogP contribution in [0.4, 0.5) is 5.69 Å². The van der Waals surface area contributed by atoms with Crippen molar-refractivity contribution in [3.8, 4) is 6.07 Å². The number of ether oxygens (including phenoxy) is 1. The van der Waals surface area contributed by atoms with Gasteiger partial charge in [0, 0.05) is 31.4 Å². The first kappa shape index (κ1) is 25.8. The number of esters is 1. The molecule has 0 aliphatic rings. The number of carbonyl (C=O) groups is 2. The van der Waals surface area contributed by atoms with Gasteiger partial charge in [-0.1, -0.05) is 44.2 Å². The SMILES string of the molecule is CCN(CC)S(=O)(=O)c1ccc(/C=C/C(=O)OCC(=O)N(CCC#N)c2ccccc2)cc1. The molecule has 2 aromatic rings. The minimum absolute atomic E-state index is 0.147. The molecular formula is C24H27N3O5S. The van der Waals surface area contributed by atoms with Crippen LogP contribution < -0.4 is 4.90 Å². The summed E-state index contributed by atoms with van der Waals surface area (Å²) in [5.74, 6) is -1.15. The van der Waals surface area contributed by atoms with Gasteiger partial charge in [-0.3, -0.25) is 4.79 Å². The van der Waals surface area contributed by atoms with Crippen molar-refractivity contribution in [2.75, 3.05) is 31.1 Å². The monoisotopic (exact) mass is 469 g/mol. The Labute approximate surface area is 194 Å². The summed E-state index contributed by atoms with van der Waals surface area (Å²) in [4.78, 5) is 26.1. The maximum Gasteiger partial charge on any atom is 0.331 e. The molecule has 8 nitrogen and oxygen atoms in total. The van der Waals surface area contributed by atoms with E-state index in [1.54, 1.807) is 50.2 Å². The van der Waals surface area contributed by atoms with Crippen molar-refractivity contribution in [1.82, 2.24) is 4.31 Å². The van der Waals surface area contributed by atoms with E-state index in [0.717, 1.165) is 0 Å². The largest absolute Gasteiger partial charge is 0.452 e. The average molecular weight is 470 g/mol. The highest BCUT2D eigenvalue weighted by Crippen LogP contribution is 2.17. The Bertz CT molecular complexity index is 1100. The quantitative estimate of drug-likeness (QED) is 0.369. The molecule has 0 N–H and O–H groups in total. The van der Waals surface area contributed by atoms with E-state index in [2.05, 4.69) is 0 Å². The Morgan fingerprint density at radius 3 is 2.24 bits per heavy atom. The van der Waals surface area contributed by atoms with Crippen molar-refractivity contribution in [3.05, 3.63) is 66.2 Å². The first-order valence-electron chi connectivity index (χ1n) is 10.5. The summed E-state index contributed by atoms with van der Waals surface area (Å²) in [6, 6.07) is 17.0. The van der Waals surface area contributed by atoms with Gasteiger partial charge in [0.15, 0.2) is 6.61 Å². The van der Waals surface area contributed by atoms with E-state index in [-0.39, 0.29) is 17.9 Å². The van der Waals surface area contributed by atoms with Gasteiger partial charge in [0.05, 0.1) is 17.4 Å². The molecule has 0 radical (unpaired) electrons. The van der Waals surface area contributed by atoms with Gasteiger partial charge < -0.3 is 9.64 Å². The lowest BCUT2D eigenvalue weighted by molar-refractivity contribution is -0.142. The van der Waals surface area contributed by atoms with Gasteiger partial charge >= 0.3 is 5.97 Å². The van der Waals surface area contributed by atoms with E-state index in [1.165, 1.54) is 33.5 Å². The minimum atomic E-state index is -3.55. The van der Waals surface area contributed by atoms with Crippen molar-refractivity contribution in [2.24, 2.45) is 0 Å². The Balaban J connectivity index is 1.98. The summed E-state index contributed by atoms with van der Waals surface area (Å²) < 4.78 is 31.5. The van der Waals surface area contributed by atoms with E-state index < -0.39 is 28.5 Å². The highest BCUT2D eigenvalue weighted by molar-refractivity contribution is 7.89. The lowest BCUT2D eigenvalue weighted by Crippen LogP contribution is -2.35. The van der Waals surface area contributed by atoms with Crippen molar-refractivity contribution in [3.63, 3.8) is 0 Å². The molecule has 0 fully saturated rings. The smallest absolute Gasteiger partial charge is 0.331 e. The Kier molecular flexibility index (Phi) is 9.79. The average Bonchev–Trinajstić information content (AvgIpc) is 2.83. The van der Waals surface area contributed by atoms with Gasteiger partial charge in [-0.05, 0) is 35.9 Å². The minimum Gasteiger partial charge on any atom is -0.452 e.